The standard InChI is InChI=1S/C11H18O3/c1-9(6-7-11(13)14)4-3-5-10(2)8-12/h4,12H,2-3,5-8H2,1H3,(H,13,14). The van der Waals surface area contributed by atoms with Crippen molar-refractivity contribution >= 4 is 5.97 Å². The van der Waals surface area contributed by atoms with Gasteiger partial charge in [-0.2, -0.15) is 0 Å². The monoisotopic (exact) mass is 198 g/mol. The number of hydrogen-bond acceptors (Lipinski definition) is 2. The van der Waals surface area contributed by atoms with Gasteiger partial charge in [0.1, 0.15) is 0 Å². The maximum absolute atomic E-state index is 10.3. The Morgan fingerprint density at radius 2 is 2.00 bits per heavy atom. The van der Waals surface area contributed by atoms with Crippen LogP contribution in [0.25, 0.3) is 0 Å². The van der Waals surface area contributed by atoms with Crippen molar-refractivity contribution in [3.63, 3.8) is 0 Å². The van der Waals surface area contributed by atoms with Crippen LogP contribution in [0.1, 0.15) is 32.6 Å². The van der Waals surface area contributed by atoms with E-state index in [0.29, 0.717) is 6.42 Å². The molecule has 0 aromatic rings. The Hall–Kier alpha value is -1.09. The molecular formula is C11H18O3. The highest BCUT2D eigenvalue weighted by atomic mass is 16.4. The normalized spacial score (nSPS) is 11.4. The van der Waals surface area contributed by atoms with Crippen molar-refractivity contribution in [2.75, 3.05) is 6.61 Å². The Balaban J connectivity index is 3.66. The van der Waals surface area contributed by atoms with Crippen LogP contribution in [0, 0.1) is 0 Å². The lowest BCUT2D eigenvalue weighted by molar-refractivity contribution is -0.136. The molecule has 0 rings (SSSR count). The zero-order valence-corrected chi connectivity index (χ0v) is 8.62. The van der Waals surface area contributed by atoms with Crippen LogP contribution in [-0.2, 0) is 4.79 Å². The minimum absolute atomic E-state index is 0.0298. The van der Waals surface area contributed by atoms with Gasteiger partial charge in [0.2, 0.25) is 0 Å². The van der Waals surface area contributed by atoms with E-state index in [-0.39, 0.29) is 13.0 Å². The van der Waals surface area contributed by atoms with Gasteiger partial charge in [0, 0.05) is 6.42 Å². The first kappa shape index (κ1) is 12.9. The molecule has 2 N–H and O–H groups in total. The summed E-state index contributed by atoms with van der Waals surface area (Å²) in [4.78, 5) is 10.3. The Labute approximate surface area is 84.8 Å². The third kappa shape index (κ3) is 7.55. The molecule has 0 unspecified atom stereocenters. The summed E-state index contributed by atoms with van der Waals surface area (Å²) in [6, 6.07) is 0. The lowest BCUT2D eigenvalue weighted by Crippen LogP contribution is -1.94. The molecule has 80 valence electrons. The molecular weight excluding hydrogens is 180 g/mol. The lowest BCUT2D eigenvalue weighted by atomic mass is 10.1. The highest BCUT2D eigenvalue weighted by molar-refractivity contribution is 5.66. The highest BCUT2D eigenvalue weighted by Gasteiger charge is 1.97. The van der Waals surface area contributed by atoms with E-state index in [1.807, 2.05) is 13.0 Å². The van der Waals surface area contributed by atoms with Crippen LogP contribution >= 0.6 is 0 Å². The molecule has 3 heteroatoms. The van der Waals surface area contributed by atoms with Gasteiger partial charge in [0.05, 0.1) is 6.61 Å². The van der Waals surface area contributed by atoms with Crippen molar-refractivity contribution in [1.29, 1.82) is 0 Å². The number of aliphatic carboxylic acids is 1. The number of allylic oxidation sites excluding steroid dienone is 2. The smallest absolute Gasteiger partial charge is 0.303 e. The molecule has 14 heavy (non-hydrogen) atoms. The van der Waals surface area contributed by atoms with E-state index in [2.05, 4.69) is 6.58 Å². The molecule has 0 fully saturated rings. The van der Waals surface area contributed by atoms with E-state index in [1.54, 1.807) is 0 Å². The molecule has 0 aromatic carbocycles. The maximum atomic E-state index is 10.3. The lowest BCUT2D eigenvalue weighted by Gasteiger charge is -2.00. The van der Waals surface area contributed by atoms with Crippen LogP contribution in [0.5, 0.6) is 0 Å². The second kappa shape index (κ2) is 7.33. The van der Waals surface area contributed by atoms with Gasteiger partial charge in [-0.05, 0) is 26.2 Å². The van der Waals surface area contributed by atoms with E-state index in [9.17, 15) is 4.79 Å². The van der Waals surface area contributed by atoms with Crippen LogP contribution in [0.2, 0.25) is 0 Å². The summed E-state index contributed by atoms with van der Waals surface area (Å²) in [5, 5.41) is 17.1. The molecule has 0 bridgehead atoms. The van der Waals surface area contributed by atoms with E-state index in [1.165, 1.54) is 0 Å². The third-order valence-electron chi connectivity index (χ3n) is 1.95. The SMILES string of the molecule is C=C(CO)CCC=C(C)CCC(=O)O. The van der Waals surface area contributed by atoms with E-state index in [0.717, 1.165) is 24.0 Å². The molecule has 3 nitrogen and oxygen atoms in total. The summed E-state index contributed by atoms with van der Waals surface area (Å²) >= 11 is 0. The maximum Gasteiger partial charge on any atom is 0.303 e. The Kier molecular flexibility index (Phi) is 6.76. The molecule has 0 aromatic heterocycles. The molecule has 0 aliphatic rings. The molecule has 0 atom stereocenters. The van der Waals surface area contributed by atoms with Crippen molar-refractivity contribution in [3.05, 3.63) is 23.8 Å². The molecule has 0 aliphatic heterocycles. The zero-order valence-electron chi connectivity index (χ0n) is 8.62. The van der Waals surface area contributed by atoms with Gasteiger partial charge >= 0.3 is 5.97 Å². The van der Waals surface area contributed by atoms with Crippen LogP contribution in [0.4, 0.5) is 0 Å². The first-order valence-electron chi connectivity index (χ1n) is 4.71. The summed E-state index contributed by atoms with van der Waals surface area (Å²) < 4.78 is 0. The fraction of sp³-hybridized carbons (Fsp3) is 0.545. The van der Waals surface area contributed by atoms with E-state index < -0.39 is 5.97 Å². The number of aliphatic hydroxyl groups excluding tert-OH is 1. The van der Waals surface area contributed by atoms with Crippen LogP contribution in [0.3, 0.4) is 0 Å². The van der Waals surface area contributed by atoms with Gasteiger partial charge in [-0.1, -0.05) is 23.8 Å². The first-order chi connectivity index (χ1) is 6.56. The largest absolute Gasteiger partial charge is 0.481 e. The fourth-order valence-corrected chi connectivity index (χ4v) is 1.01. The quantitative estimate of drug-likeness (QED) is 0.616. The molecule has 0 spiro atoms. The van der Waals surface area contributed by atoms with Crippen LogP contribution in [0.15, 0.2) is 23.8 Å². The van der Waals surface area contributed by atoms with Gasteiger partial charge in [0.15, 0.2) is 0 Å². The summed E-state index contributed by atoms with van der Waals surface area (Å²) in [5.74, 6) is -0.766. The molecule has 0 saturated heterocycles. The van der Waals surface area contributed by atoms with Crippen molar-refractivity contribution < 1.29 is 15.0 Å². The Bertz CT molecular complexity index is 229. The highest BCUT2D eigenvalue weighted by Crippen LogP contribution is 2.08. The van der Waals surface area contributed by atoms with Crippen molar-refractivity contribution in [3.8, 4) is 0 Å². The van der Waals surface area contributed by atoms with Gasteiger partial charge in [-0.15, -0.1) is 0 Å². The Morgan fingerprint density at radius 3 is 2.50 bits per heavy atom. The summed E-state index contributed by atoms with van der Waals surface area (Å²) in [6.45, 7) is 5.62. The minimum Gasteiger partial charge on any atom is -0.481 e. The molecule has 0 aliphatic carbocycles. The average molecular weight is 198 g/mol. The molecule has 0 amide bonds. The third-order valence-corrected chi connectivity index (χ3v) is 1.95. The van der Waals surface area contributed by atoms with E-state index in [4.69, 9.17) is 10.2 Å². The predicted octanol–water partition coefficient (Wildman–Crippen LogP) is 2.13. The Morgan fingerprint density at radius 1 is 1.36 bits per heavy atom. The van der Waals surface area contributed by atoms with Crippen molar-refractivity contribution in [2.24, 2.45) is 0 Å². The predicted molar refractivity (Wildman–Crippen MR) is 56.1 cm³/mol. The molecule has 0 radical (unpaired) electrons. The number of carboxylic acid groups (broad SMARTS) is 1. The number of rotatable bonds is 7. The number of carbonyl (C=O) groups is 1. The minimum atomic E-state index is -0.766. The number of hydrogen-bond donors (Lipinski definition) is 2. The van der Waals surface area contributed by atoms with Gasteiger partial charge in [0.25, 0.3) is 0 Å². The molecule has 0 heterocycles. The second-order valence-electron chi connectivity index (χ2n) is 3.39. The first-order valence-corrected chi connectivity index (χ1v) is 4.71. The van der Waals surface area contributed by atoms with Crippen LogP contribution in [-0.4, -0.2) is 22.8 Å². The topological polar surface area (TPSA) is 57.5 Å². The summed E-state index contributed by atoms with van der Waals surface area (Å²) in [5.41, 5.74) is 1.89. The molecule has 0 saturated carbocycles. The number of carboxylic acids is 1. The number of aliphatic hydroxyl groups is 1. The average Bonchev–Trinajstić information content (AvgIpc) is 2.14. The summed E-state index contributed by atoms with van der Waals surface area (Å²) in [7, 11) is 0. The summed E-state index contributed by atoms with van der Waals surface area (Å²) in [6.07, 6.45) is 4.37. The van der Waals surface area contributed by atoms with Crippen molar-refractivity contribution in [1.82, 2.24) is 0 Å². The zero-order chi connectivity index (χ0) is 11.0. The fourth-order valence-electron chi connectivity index (χ4n) is 1.01. The van der Waals surface area contributed by atoms with Crippen molar-refractivity contribution in [2.45, 2.75) is 32.6 Å². The van der Waals surface area contributed by atoms with Crippen LogP contribution < -0.4 is 0 Å². The van der Waals surface area contributed by atoms with E-state index >= 15 is 0 Å². The van der Waals surface area contributed by atoms with Gasteiger partial charge in [-0.25, -0.2) is 0 Å². The van der Waals surface area contributed by atoms with Gasteiger partial charge in [-0.3, -0.25) is 4.79 Å². The van der Waals surface area contributed by atoms with Gasteiger partial charge < -0.3 is 10.2 Å². The second-order valence-corrected chi connectivity index (χ2v) is 3.39.